The van der Waals surface area contributed by atoms with Crippen LogP contribution in [-0.2, 0) is 30.5 Å². The molecule has 1 rings (SSSR count). The van der Waals surface area contributed by atoms with E-state index in [1.54, 1.807) is 0 Å². The van der Waals surface area contributed by atoms with Gasteiger partial charge in [-0.1, -0.05) is 134 Å². The third-order valence-electron chi connectivity index (χ3n) is 7.35. The van der Waals surface area contributed by atoms with Crippen LogP contribution in [0.5, 0.6) is 0 Å². The molecule has 2 atom stereocenters. The molecule has 1 amide bonds. The van der Waals surface area contributed by atoms with Crippen molar-refractivity contribution in [2.24, 2.45) is 0 Å². The highest BCUT2D eigenvalue weighted by Gasteiger charge is 2.24. The number of carbonyl (C=O) groups is 3. The van der Waals surface area contributed by atoms with Crippen molar-refractivity contribution in [3.63, 3.8) is 0 Å². The highest BCUT2D eigenvalue weighted by Crippen LogP contribution is 2.16. The second-order valence-electron chi connectivity index (χ2n) is 11.3. The number of aliphatic carboxylic acids is 1. The molecule has 1 aromatic rings. The normalized spacial score (nSPS) is 12.5. The molecule has 1 aromatic carbocycles. The smallest absolute Gasteiger partial charge is 0.328 e. The van der Waals surface area contributed by atoms with Gasteiger partial charge in [0.25, 0.3) is 0 Å². The molecular formula is C34H57NO6. The number of unbranched alkanes of at least 4 members (excludes halogenated alkanes) is 14. The van der Waals surface area contributed by atoms with E-state index in [1.165, 1.54) is 64.2 Å². The van der Waals surface area contributed by atoms with Gasteiger partial charge < -0.3 is 19.9 Å². The number of hydrogen-bond donors (Lipinski definition) is 2. The summed E-state index contributed by atoms with van der Waals surface area (Å²) in [7, 11) is 0. The van der Waals surface area contributed by atoms with E-state index in [0.717, 1.165) is 44.1 Å². The Morgan fingerprint density at radius 2 is 1.29 bits per heavy atom. The summed E-state index contributed by atoms with van der Waals surface area (Å²) in [6, 6.07) is 8.30. The van der Waals surface area contributed by atoms with Crippen molar-refractivity contribution in [2.45, 2.75) is 155 Å². The molecule has 0 aliphatic carbocycles. The molecule has 234 valence electrons. The van der Waals surface area contributed by atoms with Gasteiger partial charge in [0.1, 0.15) is 6.10 Å². The Kier molecular flexibility index (Phi) is 22.6. The first kappa shape index (κ1) is 36.6. The lowest BCUT2D eigenvalue weighted by Crippen LogP contribution is -2.45. The Balaban J connectivity index is 2.50. The number of carboxylic acid groups (broad SMARTS) is 1. The fraction of sp³-hybridized carbons (Fsp3) is 0.735. The molecule has 0 aliphatic heterocycles. The molecule has 1 unspecified atom stereocenters. The zero-order chi connectivity index (χ0) is 30.0. The molecular weight excluding hydrogens is 518 g/mol. The number of nitrogens with one attached hydrogen (secondary N) is 1. The molecule has 0 radical (unpaired) electrons. The van der Waals surface area contributed by atoms with Crippen LogP contribution < -0.4 is 5.32 Å². The van der Waals surface area contributed by atoms with Crippen LogP contribution in [0.1, 0.15) is 141 Å². The van der Waals surface area contributed by atoms with Crippen LogP contribution in [0.25, 0.3) is 0 Å². The van der Waals surface area contributed by atoms with Crippen LogP contribution in [0.3, 0.4) is 0 Å². The summed E-state index contributed by atoms with van der Waals surface area (Å²) >= 11 is 0. The maximum atomic E-state index is 12.8. The summed E-state index contributed by atoms with van der Waals surface area (Å²) in [5.74, 6) is -1.86. The van der Waals surface area contributed by atoms with Crippen LogP contribution >= 0.6 is 0 Å². The Morgan fingerprint density at radius 1 is 0.756 bits per heavy atom. The molecule has 7 heteroatoms. The number of hydrogen-bond acceptors (Lipinski definition) is 5. The van der Waals surface area contributed by atoms with Gasteiger partial charge in [-0.15, -0.1) is 0 Å². The molecule has 2 N–H and O–H groups in total. The maximum Gasteiger partial charge on any atom is 0.328 e. The predicted octanol–water partition coefficient (Wildman–Crippen LogP) is 8.14. The minimum atomic E-state index is -1.16. The van der Waals surface area contributed by atoms with Crippen LogP contribution in [0.4, 0.5) is 0 Å². The van der Waals surface area contributed by atoms with E-state index in [1.807, 2.05) is 30.3 Å². The average molecular weight is 576 g/mol. The standard InChI is InChI=1S/C34H57NO6/c1-3-5-7-9-11-12-14-15-20-24-30(41-33(37)25-21-16-13-10-8-6-4-2)26-32(36)35-31(34(38)39)28-40-27-29-22-18-17-19-23-29/h17-19,22-23,30-31H,3-16,20-21,24-28H2,1-2H3,(H,35,36)(H,38,39)/t30?,31-/m0/s1. The van der Waals surface area contributed by atoms with E-state index in [2.05, 4.69) is 19.2 Å². The lowest BCUT2D eigenvalue weighted by Gasteiger charge is -2.20. The summed E-state index contributed by atoms with van der Waals surface area (Å²) in [5, 5.41) is 12.2. The monoisotopic (exact) mass is 575 g/mol. The fourth-order valence-corrected chi connectivity index (χ4v) is 4.86. The molecule has 0 aromatic heterocycles. The van der Waals surface area contributed by atoms with Crippen LogP contribution in [0.2, 0.25) is 0 Å². The van der Waals surface area contributed by atoms with Crippen molar-refractivity contribution in [1.29, 1.82) is 0 Å². The van der Waals surface area contributed by atoms with Crippen LogP contribution in [0.15, 0.2) is 30.3 Å². The van der Waals surface area contributed by atoms with Gasteiger partial charge in [0.2, 0.25) is 5.91 Å². The van der Waals surface area contributed by atoms with Gasteiger partial charge in [-0.3, -0.25) is 9.59 Å². The summed E-state index contributed by atoms with van der Waals surface area (Å²) in [4.78, 5) is 37.1. The fourth-order valence-electron chi connectivity index (χ4n) is 4.86. The van der Waals surface area contributed by atoms with Gasteiger partial charge in [-0.2, -0.15) is 0 Å². The lowest BCUT2D eigenvalue weighted by atomic mass is 10.0. The van der Waals surface area contributed by atoms with Gasteiger partial charge in [0.05, 0.1) is 19.6 Å². The molecule has 0 saturated heterocycles. The van der Waals surface area contributed by atoms with Gasteiger partial charge in [0.15, 0.2) is 6.04 Å². The molecule has 0 aliphatic rings. The zero-order valence-electron chi connectivity index (χ0n) is 25.9. The quantitative estimate of drug-likeness (QED) is 0.0811. The van der Waals surface area contributed by atoms with Gasteiger partial charge in [-0.25, -0.2) is 4.79 Å². The third kappa shape index (κ3) is 21.0. The first-order valence-electron chi connectivity index (χ1n) is 16.3. The summed E-state index contributed by atoms with van der Waals surface area (Å²) in [6.45, 7) is 4.54. The van der Waals surface area contributed by atoms with E-state index < -0.39 is 24.0 Å². The number of amides is 1. The molecule has 0 bridgehead atoms. The Hall–Kier alpha value is -2.41. The average Bonchev–Trinajstić information content (AvgIpc) is 2.95. The highest BCUT2D eigenvalue weighted by molar-refractivity contribution is 5.84. The number of rotatable bonds is 27. The summed E-state index contributed by atoms with van der Waals surface area (Å²) in [5.41, 5.74) is 0.928. The minimum Gasteiger partial charge on any atom is -0.480 e. The Bertz CT molecular complexity index is 800. The first-order chi connectivity index (χ1) is 20.0. The van der Waals surface area contributed by atoms with E-state index in [4.69, 9.17) is 9.47 Å². The van der Waals surface area contributed by atoms with Gasteiger partial charge in [0, 0.05) is 6.42 Å². The maximum absolute atomic E-state index is 12.8. The van der Waals surface area contributed by atoms with Crippen molar-refractivity contribution in [1.82, 2.24) is 5.32 Å². The number of carboxylic acids is 1. The molecule has 0 heterocycles. The van der Waals surface area contributed by atoms with E-state index >= 15 is 0 Å². The number of benzene rings is 1. The number of ether oxygens (including phenoxy) is 2. The molecule has 41 heavy (non-hydrogen) atoms. The SMILES string of the molecule is CCCCCCCCCCCC(CC(=O)N[C@@H](COCc1ccccc1)C(=O)O)OC(=O)CCCCCCCCC. The molecule has 0 fully saturated rings. The number of esters is 1. The third-order valence-corrected chi connectivity index (χ3v) is 7.35. The zero-order valence-corrected chi connectivity index (χ0v) is 25.9. The topological polar surface area (TPSA) is 102 Å². The minimum absolute atomic E-state index is 0.0394. The molecule has 7 nitrogen and oxygen atoms in total. The number of carbonyl (C=O) groups excluding carboxylic acids is 2. The van der Waals surface area contributed by atoms with Crippen molar-refractivity contribution in [3.8, 4) is 0 Å². The second kappa shape index (κ2) is 25.3. The Morgan fingerprint density at radius 3 is 1.85 bits per heavy atom. The summed E-state index contributed by atoms with van der Waals surface area (Å²) < 4.78 is 11.3. The first-order valence-corrected chi connectivity index (χ1v) is 16.3. The van der Waals surface area contributed by atoms with E-state index in [9.17, 15) is 19.5 Å². The molecule has 0 spiro atoms. The van der Waals surface area contributed by atoms with Crippen LogP contribution in [-0.4, -0.2) is 41.7 Å². The van der Waals surface area contributed by atoms with E-state index in [0.29, 0.717) is 12.8 Å². The Labute approximate surface area is 249 Å². The highest BCUT2D eigenvalue weighted by atomic mass is 16.5. The van der Waals surface area contributed by atoms with Crippen LogP contribution in [0, 0.1) is 0 Å². The van der Waals surface area contributed by atoms with Gasteiger partial charge >= 0.3 is 11.9 Å². The predicted molar refractivity (Wildman–Crippen MR) is 165 cm³/mol. The summed E-state index contributed by atoms with van der Waals surface area (Å²) in [6.07, 6.45) is 18.9. The van der Waals surface area contributed by atoms with E-state index in [-0.39, 0.29) is 25.6 Å². The van der Waals surface area contributed by atoms with Crippen molar-refractivity contribution in [3.05, 3.63) is 35.9 Å². The van der Waals surface area contributed by atoms with Gasteiger partial charge in [-0.05, 0) is 24.8 Å². The van der Waals surface area contributed by atoms with Crippen molar-refractivity contribution < 1.29 is 29.0 Å². The van der Waals surface area contributed by atoms with Crippen molar-refractivity contribution >= 4 is 17.8 Å². The molecule has 0 saturated carbocycles. The second-order valence-corrected chi connectivity index (χ2v) is 11.3. The lowest BCUT2D eigenvalue weighted by molar-refractivity contribution is -0.152. The van der Waals surface area contributed by atoms with Crippen molar-refractivity contribution in [2.75, 3.05) is 6.61 Å². The largest absolute Gasteiger partial charge is 0.480 e.